The summed E-state index contributed by atoms with van der Waals surface area (Å²) < 4.78 is 0. The summed E-state index contributed by atoms with van der Waals surface area (Å²) in [6.45, 7) is 0. The van der Waals surface area contributed by atoms with Crippen molar-refractivity contribution >= 4 is 11.6 Å². The summed E-state index contributed by atoms with van der Waals surface area (Å²) in [7, 11) is 0. The first-order chi connectivity index (χ1) is 8.27. The van der Waals surface area contributed by atoms with Crippen molar-refractivity contribution in [2.24, 2.45) is 0 Å². The van der Waals surface area contributed by atoms with Crippen LogP contribution >= 0.6 is 0 Å². The summed E-state index contributed by atoms with van der Waals surface area (Å²) in [6.07, 6.45) is -0.0754. The van der Waals surface area contributed by atoms with Crippen LogP contribution in [0, 0.1) is 0 Å². The molecular weight excluding hydrogens is 402 g/mol. The SMILES string of the molecule is O=C(CC(=O)c1ccccc1)c1ccccc1.[Cl-].[Cl-].[Cl-].[Cl-].[Ti+4]. The zero-order chi connectivity index (χ0) is 12.1. The summed E-state index contributed by atoms with van der Waals surface area (Å²) >= 11 is 0. The normalized spacial score (nSPS) is 7.64. The Hall–Kier alpha value is -0.346. The number of benzene rings is 2. The quantitative estimate of drug-likeness (QED) is 0.283. The van der Waals surface area contributed by atoms with Gasteiger partial charge in [-0.25, -0.2) is 0 Å². The molecule has 0 atom stereocenters. The van der Waals surface area contributed by atoms with Crippen LogP contribution in [0.3, 0.4) is 0 Å². The average molecular weight is 414 g/mol. The van der Waals surface area contributed by atoms with Gasteiger partial charge in [-0.2, -0.15) is 0 Å². The standard InChI is InChI=1S/C15H12O2.4ClH.Ti/c16-14(12-7-3-1-4-8-12)11-15(17)13-9-5-2-6-10-13;;;;;/h1-10H,11H2;4*1H;/q;;;;;+4/p-4. The van der Waals surface area contributed by atoms with Crippen LogP contribution in [-0.2, 0) is 21.7 Å². The number of ketones is 2. The van der Waals surface area contributed by atoms with Crippen molar-refractivity contribution < 1.29 is 80.9 Å². The van der Waals surface area contributed by atoms with Crippen LogP contribution in [0.2, 0.25) is 0 Å². The molecule has 0 N–H and O–H groups in total. The third-order valence-corrected chi connectivity index (χ3v) is 2.51. The number of hydrogen-bond acceptors (Lipinski definition) is 2. The van der Waals surface area contributed by atoms with Crippen molar-refractivity contribution in [2.45, 2.75) is 6.42 Å². The molecule has 0 fully saturated rings. The molecule has 0 aromatic heterocycles. The minimum Gasteiger partial charge on any atom is -1.00 e. The topological polar surface area (TPSA) is 34.1 Å². The van der Waals surface area contributed by atoms with E-state index in [1.807, 2.05) is 12.1 Å². The van der Waals surface area contributed by atoms with Gasteiger partial charge < -0.3 is 49.6 Å². The predicted molar refractivity (Wildman–Crippen MR) is 66.2 cm³/mol. The molecule has 22 heavy (non-hydrogen) atoms. The molecule has 116 valence electrons. The third-order valence-electron chi connectivity index (χ3n) is 2.51. The number of Topliss-reactive ketones (excluding diaryl/α,β-unsaturated/α-hetero) is 2. The van der Waals surface area contributed by atoms with Gasteiger partial charge in [-0.15, -0.1) is 0 Å². The molecule has 0 aliphatic heterocycles. The molecule has 7 heteroatoms. The first-order valence-electron chi connectivity index (χ1n) is 5.44. The maximum Gasteiger partial charge on any atom is 4.00 e. The first-order valence-corrected chi connectivity index (χ1v) is 5.44. The first kappa shape index (κ1) is 29.6. The Kier molecular flexibility index (Phi) is 20.9. The van der Waals surface area contributed by atoms with Crippen molar-refractivity contribution in [3.63, 3.8) is 0 Å². The molecule has 0 saturated heterocycles. The Bertz CT molecular complexity index is 486. The van der Waals surface area contributed by atoms with Crippen molar-refractivity contribution in [1.82, 2.24) is 0 Å². The Labute approximate surface area is 170 Å². The van der Waals surface area contributed by atoms with E-state index in [-0.39, 0.29) is 89.3 Å². The fourth-order valence-electron chi connectivity index (χ4n) is 1.60. The Morgan fingerprint density at radius 3 is 1.14 bits per heavy atom. The van der Waals surface area contributed by atoms with Gasteiger partial charge in [-0.3, -0.25) is 9.59 Å². The fraction of sp³-hybridized carbons (Fsp3) is 0.0667. The number of hydrogen-bond donors (Lipinski definition) is 0. The van der Waals surface area contributed by atoms with Crippen molar-refractivity contribution in [2.75, 3.05) is 0 Å². The molecule has 2 rings (SSSR count). The third kappa shape index (κ3) is 8.94. The van der Waals surface area contributed by atoms with Gasteiger partial charge in [0.15, 0.2) is 11.6 Å². The Morgan fingerprint density at radius 2 is 0.864 bits per heavy atom. The van der Waals surface area contributed by atoms with Crippen LogP contribution in [0.25, 0.3) is 0 Å². The smallest absolute Gasteiger partial charge is 1.00 e. The zero-order valence-electron chi connectivity index (χ0n) is 11.3. The molecule has 0 heterocycles. The number of rotatable bonds is 4. The van der Waals surface area contributed by atoms with Gasteiger partial charge in [0.1, 0.15) is 0 Å². The van der Waals surface area contributed by atoms with Crippen LogP contribution < -0.4 is 49.6 Å². The van der Waals surface area contributed by atoms with Crippen LogP contribution in [-0.4, -0.2) is 11.6 Å². The van der Waals surface area contributed by atoms with E-state index in [1.54, 1.807) is 48.5 Å². The van der Waals surface area contributed by atoms with Gasteiger partial charge >= 0.3 is 21.7 Å². The predicted octanol–water partition coefficient (Wildman–Crippen LogP) is -8.84. The molecule has 2 aromatic rings. The monoisotopic (exact) mass is 412 g/mol. The van der Waals surface area contributed by atoms with Gasteiger partial charge in [-0.1, -0.05) is 60.7 Å². The average Bonchev–Trinajstić information content (AvgIpc) is 2.40. The minimum atomic E-state index is -0.139. The van der Waals surface area contributed by atoms with Crippen molar-refractivity contribution in [3.8, 4) is 0 Å². The minimum absolute atomic E-state index is 0. The second kappa shape index (κ2) is 15.5. The van der Waals surface area contributed by atoms with Gasteiger partial charge in [-0.05, 0) is 0 Å². The Morgan fingerprint density at radius 1 is 0.591 bits per heavy atom. The van der Waals surface area contributed by atoms with Crippen LogP contribution in [0.4, 0.5) is 0 Å². The molecule has 0 aliphatic rings. The van der Waals surface area contributed by atoms with E-state index in [2.05, 4.69) is 0 Å². The molecular formula is C15H12Cl4O2Ti. The fourth-order valence-corrected chi connectivity index (χ4v) is 1.60. The van der Waals surface area contributed by atoms with E-state index in [0.717, 1.165) is 0 Å². The molecule has 2 aromatic carbocycles. The number of carbonyl (C=O) groups excluding carboxylic acids is 2. The van der Waals surface area contributed by atoms with Gasteiger partial charge in [0, 0.05) is 11.1 Å². The maximum absolute atomic E-state index is 11.8. The molecule has 0 unspecified atom stereocenters. The summed E-state index contributed by atoms with van der Waals surface area (Å²) in [5.74, 6) is -0.279. The van der Waals surface area contributed by atoms with E-state index in [1.165, 1.54) is 0 Å². The largest absolute Gasteiger partial charge is 4.00 e. The van der Waals surface area contributed by atoms with Crippen molar-refractivity contribution in [1.29, 1.82) is 0 Å². The molecule has 0 amide bonds. The van der Waals surface area contributed by atoms with Gasteiger partial charge in [0.05, 0.1) is 6.42 Å². The number of halogens is 4. The summed E-state index contributed by atoms with van der Waals surface area (Å²) in [6, 6.07) is 17.7. The maximum atomic E-state index is 11.8. The van der Waals surface area contributed by atoms with Crippen molar-refractivity contribution in [3.05, 3.63) is 71.8 Å². The molecule has 0 saturated carbocycles. The number of carbonyl (C=O) groups is 2. The Balaban J connectivity index is -0.000000324. The molecule has 0 radical (unpaired) electrons. The zero-order valence-corrected chi connectivity index (χ0v) is 15.9. The molecule has 2 nitrogen and oxygen atoms in total. The van der Waals surface area contributed by atoms with Gasteiger partial charge in [0.2, 0.25) is 0 Å². The van der Waals surface area contributed by atoms with Crippen LogP contribution in [0.15, 0.2) is 60.7 Å². The van der Waals surface area contributed by atoms with Gasteiger partial charge in [0.25, 0.3) is 0 Å². The molecule has 0 spiro atoms. The van der Waals surface area contributed by atoms with E-state index >= 15 is 0 Å². The van der Waals surface area contributed by atoms with E-state index in [9.17, 15) is 9.59 Å². The second-order valence-electron chi connectivity index (χ2n) is 3.76. The summed E-state index contributed by atoms with van der Waals surface area (Å²) in [5, 5.41) is 0. The molecule has 0 aliphatic carbocycles. The van der Waals surface area contributed by atoms with Crippen LogP contribution in [0.5, 0.6) is 0 Å². The van der Waals surface area contributed by atoms with Crippen LogP contribution in [0.1, 0.15) is 27.1 Å². The summed E-state index contributed by atoms with van der Waals surface area (Å²) in [5.41, 5.74) is 1.16. The molecule has 0 bridgehead atoms. The van der Waals surface area contributed by atoms with E-state index in [4.69, 9.17) is 0 Å². The summed E-state index contributed by atoms with van der Waals surface area (Å²) in [4.78, 5) is 23.6. The van der Waals surface area contributed by atoms with E-state index in [0.29, 0.717) is 11.1 Å². The van der Waals surface area contributed by atoms with E-state index < -0.39 is 0 Å². The second-order valence-corrected chi connectivity index (χ2v) is 3.76.